The van der Waals surface area contributed by atoms with Crippen LogP contribution in [0.4, 0.5) is 0 Å². The summed E-state index contributed by atoms with van der Waals surface area (Å²) in [4.78, 5) is 5.16. The molecule has 0 N–H and O–H groups in total. The third kappa shape index (κ3) is 5.25. The topological polar surface area (TPSA) is 12.9 Å². The van der Waals surface area contributed by atoms with Crippen LogP contribution in [-0.2, 0) is 32.9 Å². The molecule has 2 heteroatoms. The van der Waals surface area contributed by atoms with E-state index in [9.17, 15) is 0 Å². The molecule has 0 amide bonds. The number of rotatable bonds is 6. The molecule has 1 nitrogen and oxygen atoms in total. The minimum Gasteiger partial charge on any atom is -0.296 e. The van der Waals surface area contributed by atoms with E-state index in [1.165, 1.54) is 66.6 Å². The Labute approximate surface area is 279 Å². The molecule has 8 rings (SSSR count). The SMILES string of the molecule is CCc1ccc(-c2cc(-c3ccc(CC)cc3)cc(-c3cc[c-]c(-c4cc5c6c(cccc6n4)-c4ccccc4-5)c3)c2)cc1.[Ir]. The molecule has 45 heavy (non-hydrogen) atoms. The first kappa shape index (κ1) is 29.1. The average molecular weight is 755 g/mol. The van der Waals surface area contributed by atoms with Gasteiger partial charge in [0.1, 0.15) is 0 Å². The monoisotopic (exact) mass is 755 g/mol. The molecule has 1 radical (unpaired) electrons. The molecule has 0 saturated carbocycles. The van der Waals surface area contributed by atoms with Crippen LogP contribution >= 0.6 is 0 Å². The summed E-state index contributed by atoms with van der Waals surface area (Å²) in [6.07, 6.45) is 2.08. The number of fused-ring (bicyclic) bond motifs is 3. The van der Waals surface area contributed by atoms with Gasteiger partial charge in [0, 0.05) is 25.5 Å². The van der Waals surface area contributed by atoms with Crippen LogP contribution in [0.3, 0.4) is 0 Å². The maximum Gasteiger partial charge on any atom is 0.0607 e. The van der Waals surface area contributed by atoms with Crippen LogP contribution < -0.4 is 0 Å². The standard InChI is InChI=1S/C43H32N.Ir/c1-3-28-15-19-30(20-16-28)34-24-35(31-21-17-29(4-2)18-22-31)26-36(25-34)32-9-7-10-33(23-32)42-27-40-38-12-6-5-11-37(38)39-13-8-14-41(44-42)43(39)40;/h5-9,11-27H,3-4H2,1-2H3;/q-1;. The summed E-state index contributed by atoms with van der Waals surface area (Å²) in [5.74, 6) is 0. The van der Waals surface area contributed by atoms with Crippen molar-refractivity contribution in [1.29, 1.82) is 0 Å². The van der Waals surface area contributed by atoms with Gasteiger partial charge in [-0.3, -0.25) is 4.98 Å². The van der Waals surface area contributed by atoms with Gasteiger partial charge in [0.15, 0.2) is 0 Å². The average Bonchev–Trinajstić information content (AvgIpc) is 3.43. The van der Waals surface area contributed by atoms with Crippen molar-refractivity contribution < 1.29 is 20.1 Å². The summed E-state index contributed by atoms with van der Waals surface area (Å²) in [7, 11) is 0. The molecule has 1 aliphatic rings. The molecule has 7 aromatic rings. The van der Waals surface area contributed by atoms with E-state index < -0.39 is 0 Å². The third-order valence-corrected chi connectivity index (χ3v) is 9.08. The molecule has 1 heterocycles. The van der Waals surface area contributed by atoms with E-state index in [1.807, 2.05) is 6.07 Å². The van der Waals surface area contributed by atoms with Gasteiger partial charge in [0.25, 0.3) is 0 Å². The number of aromatic nitrogens is 1. The second-order valence-corrected chi connectivity index (χ2v) is 11.7. The van der Waals surface area contributed by atoms with Crippen molar-refractivity contribution in [2.75, 3.05) is 0 Å². The Morgan fingerprint density at radius 2 is 1.04 bits per heavy atom. The van der Waals surface area contributed by atoms with E-state index in [2.05, 4.69) is 147 Å². The van der Waals surface area contributed by atoms with Crippen LogP contribution in [0, 0.1) is 6.07 Å². The predicted octanol–water partition coefficient (Wildman–Crippen LogP) is 11.5. The first-order chi connectivity index (χ1) is 21.7. The Morgan fingerprint density at radius 1 is 0.489 bits per heavy atom. The summed E-state index contributed by atoms with van der Waals surface area (Å²) < 4.78 is 0. The number of nitrogens with zero attached hydrogens (tertiary/aromatic N) is 1. The van der Waals surface area contributed by atoms with Gasteiger partial charge < -0.3 is 0 Å². The fourth-order valence-electron chi connectivity index (χ4n) is 6.60. The summed E-state index contributed by atoms with van der Waals surface area (Å²) in [6.45, 7) is 4.40. The summed E-state index contributed by atoms with van der Waals surface area (Å²) in [5, 5.41) is 1.24. The van der Waals surface area contributed by atoms with Gasteiger partial charge in [-0.1, -0.05) is 105 Å². The van der Waals surface area contributed by atoms with Crippen molar-refractivity contribution in [3.63, 3.8) is 0 Å². The van der Waals surface area contributed by atoms with Crippen LogP contribution in [0.25, 0.3) is 77.8 Å². The van der Waals surface area contributed by atoms with Gasteiger partial charge in [-0.25, -0.2) is 0 Å². The number of benzene rings is 6. The smallest absolute Gasteiger partial charge is 0.0607 e. The molecule has 0 atom stereocenters. The number of aryl methyl sites for hydroxylation is 2. The molecule has 0 bridgehead atoms. The largest absolute Gasteiger partial charge is 0.296 e. The third-order valence-electron chi connectivity index (χ3n) is 9.08. The van der Waals surface area contributed by atoms with Crippen molar-refractivity contribution in [2.45, 2.75) is 26.7 Å². The molecule has 0 saturated heterocycles. The quantitative estimate of drug-likeness (QED) is 0.154. The molecule has 0 fully saturated rings. The van der Waals surface area contributed by atoms with Crippen molar-refractivity contribution in [1.82, 2.24) is 4.98 Å². The van der Waals surface area contributed by atoms with E-state index >= 15 is 0 Å². The zero-order valence-corrected chi connectivity index (χ0v) is 27.8. The predicted molar refractivity (Wildman–Crippen MR) is 186 cm³/mol. The first-order valence-electron chi connectivity index (χ1n) is 15.6. The van der Waals surface area contributed by atoms with Gasteiger partial charge >= 0.3 is 0 Å². The minimum absolute atomic E-state index is 0. The van der Waals surface area contributed by atoms with Crippen molar-refractivity contribution in [3.05, 3.63) is 151 Å². The second-order valence-electron chi connectivity index (χ2n) is 11.7. The van der Waals surface area contributed by atoms with E-state index in [-0.39, 0.29) is 20.1 Å². The van der Waals surface area contributed by atoms with E-state index in [1.54, 1.807) is 0 Å². The Hall–Kier alpha value is -4.62. The first-order valence-corrected chi connectivity index (χ1v) is 15.6. The van der Waals surface area contributed by atoms with Crippen molar-refractivity contribution in [3.8, 4) is 66.9 Å². The van der Waals surface area contributed by atoms with Crippen LogP contribution in [0.15, 0.2) is 133 Å². The Bertz CT molecular complexity index is 2110. The Kier molecular flexibility index (Phi) is 7.80. The molecular formula is C43H32IrN-. The summed E-state index contributed by atoms with van der Waals surface area (Å²) >= 11 is 0. The van der Waals surface area contributed by atoms with Gasteiger partial charge in [-0.2, -0.15) is 0 Å². The maximum absolute atomic E-state index is 5.16. The van der Waals surface area contributed by atoms with Crippen molar-refractivity contribution >= 4 is 10.9 Å². The Morgan fingerprint density at radius 3 is 1.64 bits per heavy atom. The zero-order chi connectivity index (χ0) is 29.6. The molecule has 1 aliphatic carbocycles. The molecule has 6 aromatic carbocycles. The molecular weight excluding hydrogens is 723 g/mol. The minimum atomic E-state index is 0. The maximum atomic E-state index is 5.16. The molecule has 0 spiro atoms. The van der Waals surface area contributed by atoms with E-state index in [0.717, 1.165) is 35.2 Å². The normalized spacial score (nSPS) is 11.3. The van der Waals surface area contributed by atoms with Crippen molar-refractivity contribution in [2.24, 2.45) is 0 Å². The van der Waals surface area contributed by atoms with Crippen LogP contribution in [-0.4, -0.2) is 4.98 Å². The van der Waals surface area contributed by atoms with Gasteiger partial charge in [-0.15, -0.1) is 35.4 Å². The fourth-order valence-corrected chi connectivity index (χ4v) is 6.60. The van der Waals surface area contributed by atoms with Crippen LogP contribution in [0.1, 0.15) is 25.0 Å². The van der Waals surface area contributed by atoms with Gasteiger partial charge in [0.05, 0.1) is 5.52 Å². The summed E-state index contributed by atoms with van der Waals surface area (Å²) in [5.41, 5.74) is 18.0. The second kappa shape index (κ2) is 12.1. The van der Waals surface area contributed by atoms with Gasteiger partial charge in [-0.05, 0) is 104 Å². The fraction of sp³-hybridized carbons (Fsp3) is 0.0930. The van der Waals surface area contributed by atoms with E-state index in [4.69, 9.17) is 4.98 Å². The zero-order valence-electron chi connectivity index (χ0n) is 25.4. The van der Waals surface area contributed by atoms with Crippen LogP contribution in [0.2, 0.25) is 0 Å². The molecule has 1 aromatic heterocycles. The summed E-state index contributed by atoms with van der Waals surface area (Å²) in [6, 6.07) is 52.3. The van der Waals surface area contributed by atoms with Crippen LogP contribution in [0.5, 0.6) is 0 Å². The van der Waals surface area contributed by atoms with E-state index in [0.29, 0.717) is 0 Å². The number of pyridine rings is 1. The molecule has 0 unspecified atom stereocenters. The molecule has 0 aliphatic heterocycles. The van der Waals surface area contributed by atoms with Gasteiger partial charge in [0.2, 0.25) is 0 Å². The molecule has 219 valence electrons. The Balaban J connectivity index is 0.00000325. The number of hydrogen-bond donors (Lipinski definition) is 0. The number of hydrogen-bond acceptors (Lipinski definition) is 1.